The highest BCUT2D eigenvalue weighted by molar-refractivity contribution is 7.80. The van der Waals surface area contributed by atoms with Crippen molar-refractivity contribution in [2.75, 3.05) is 39.6 Å². The zero-order chi connectivity index (χ0) is 21.7. The summed E-state index contributed by atoms with van der Waals surface area (Å²) in [5.74, 6) is 0.742. The molecule has 0 fully saturated rings. The number of fused-ring (bicyclic) bond motifs is 1. The van der Waals surface area contributed by atoms with Gasteiger partial charge in [0.1, 0.15) is 5.75 Å². The van der Waals surface area contributed by atoms with Crippen LogP contribution in [0.5, 0.6) is 5.75 Å². The quantitative estimate of drug-likeness (QED) is 0.488. The van der Waals surface area contributed by atoms with Crippen molar-refractivity contribution in [3.05, 3.63) is 69.5 Å². The number of quaternary nitrogens is 1. The smallest absolute Gasteiger partial charge is 0.253 e. The fourth-order valence-electron chi connectivity index (χ4n) is 3.06. The van der Waals surface area contributed by atoms with Crippen LogP contribution in [0.1, 0.15) is 5.56 Å². The molecule has 0 spiro atoms. The van der Waals surface area contributed by atoms with Crippen LogP contribution in [-0.2, 0) is 6.54 Å². The lowest BCUT2D eigenvalue weighted by Gasteiger charge is -2.26. The van der Waals surface area contributed by atoms with Gasteiger partial charge in [0.2, 0.25) is 0 Å². The molecule has 158 valence electrons. The lowest BCUT2D eigenvalue weighted by Crippen LogP contribution is -3.06. The number of likely N-dealkylation sites (N-methyl/N-ethyl adjacent to an activating group) is 1. The zero-order valence-corrected chi connectivity index (χ0v) is 18.9. The second kappa shape index (κ2) is 9.93. The fraction of sp³-hybridized carbons (Fsp3) is 0.273. The zero-order valence-electron chi connectivity index (χ0n) is 17.3. The number of benzene rings is 2. The lowest BCUT2D eigenvalue weighted by atomic mass is 10.1. The number of pyridine rings is 1. The molecule has 0 aliphatic carbocycles. The normalized spacial score (nSPS) is 11.0. The Hall–Kier alpha value is -2.61. The molecule has 0 radical (unpaired) electrons. The molecule has 2 aromatic carbocycles. The molecule has 8 heteroatoms. The largest absolute Gasteiger partial charge is 0.497 e. The van der Waals surface area contributed by atoms with Crippen molar-refractivity contribution in [3.8, 4) is 5.75 Å². The molecular weight excluding hydrogens is 420 g/mol. The summed E-state index contributed by atoms with van der Waals surface area (Å²) in [4.78, 5) is 18.9. The van der Waals surface area contributed by atoms with E-state index in [-0.39, 0.29) is 5.56 Å². The molecule has 3 aromatic rings. The van der Waals surface area contributed by atoms with E-state index in [1.165, 1.54) is 4.90 Å². The average molecular weight is 446 g/mol. The molecule has 0 aliphatic rings. The number of H-pyrrole nitrogens is 1. The topological polar surface area (TPSA) is 61.8 Å². The Morgan fingerprint density at radius 1 is 1.23 bits per heavy atom. The number of aromatic amines is 1. The van der Waals surface area contributed by atoms with Crippen molar-refractivity contribution in [2.45, 2.75) is 6.54 Å². The number of nitrogens with zero attached hydrogens (tertiary/aromatic N) is 1. The van der Waals surface area contributed by atoms with Crippen molar-refractivity contribution in [1.82, 2.24) is 9.88 Å². The number of nitrogens with one attached hydrogen (secondary N) is 3. The van der Waals surface area contributed by atoms with Crippen molar-refractivity contribution in [3.63, 3.8) is 0 Å². The summed E-state index contributed by atoms with van der Waals surface area (Å²) < 4.78 is 5.31. The molecule has 1 aromatic heterocycles. The van der Waals surface area contributed by atoms with Gasteiger partial charge < -0.3 is 24.8 Å². The van der Waals surface area contributed by atoms with Crippen LogP contribution in [0.15, 0.2) is 53.3 Å². The SMILES string of the molecule is COc1ccc2[nH]c(=O)c(CN(CC[NH+](C)C)C(=S)Nc3cccc(Cl)c3)cc2c1. The first kappa shape index (κ1) is 22.1. The number of aromatic nitrogens is 1. The van der Waals surface area contributed by atoms with E-state index in [4.69, 9.17) is 28.6 Å². The standard InChI is InChI=1S/C22H25ClN4O2S/c1-26(2)9-10-27(22(30)24-18-6-4-5-17(23)13-18)14-16-11-15-12-19(29-3)7-8-20(15)25-21(16)28/h4-8,11-13H,9-10,14H2,1-3H3,(H,24,30)(H,25,28)/p+1. The number of methoxy groups -OCH3 is 1. The van der Waals surface area contributed by atoms with E-state index in [0.717, 1.165) is 28.9 Å². The van der Waals surface area contributed by atoms with E-state index in [1.807, 2.05) is 53.4 Å². The molecule has 0 bridgehead atoms. The van der Waals surface area contributed by atoms with Crippen LogP contribution in [0.3, 0.4) is 0 Å². The molecular formula is C22H26ClN4O2S+. The van der Waals surface area contributed by atoms with Gasteiger partial charge in [-0.15, -0.1) is 0 Å². The molecule has 6 nitrogen and oxygen atoms in total. The van der Waals surface area contributed by atoms with Crippen LogP contribution < -0.4 is 20.5 Å². The van der Waals surface area contributed by atoms with Crippen LogP contribution >= 0.6 is 23.8 Å². The van der Waals surface area contributed by atoms with Gasteiger partial charge in [0.05, 0.1) is 40.8 Å². The second-order valence-electron chi connectivity index (χ2n) is 7.40. The van der Waals surface area contributed by atoms with Gasteiger partial charge >= 0.3 is 0 Å². The first-order chi connectivity index (χ1) is 14.4. The molecule has 0 unspecified atom stereocenters. The van der Waals surface area contributed by atoms with Crippen molar-refractivity contribution in [2.24, 2.45) is 0 Å². The summed E-state index contributed by atoms with van der Waals surface area (Å²) in [6, 6.07) is 14.9. The molecule has 0 atom stereocenters. The van der Waals surface area contributed by atoms with Crippen LogP contribution in [0.4, 0.5) is 5.69 Å². The van der Waals surface area contributed by atoms with E-state index in [9.17, 15) is 4.79 Å². The summed E-state index contributed by atoms with van der Waals surface area (Å²) in [5, 5.41) is 5.32. The molecule has 0 saturated heterocycles. The van der Waals surface area contributed by atoms with Gasteiger partial charge in [-0.2, -0.15) is 0 Å². The second-order valence-corrected chi connectivity index (χ2v) is 8.22. The Balaban J connectivity index is 1.87. The van der Waals surface area contributed by atoms with Gasteiger partial charge in [-0.25, -0.2) is 0 Å². The average Bonchev–Trinajstić information content (AvgIpc) is 2.70. The number of anilines is 1. The summed E-state index contributed by atoms with van der Waals surface area (Å²) in [5.41, 5.74) is 2.10. The fourth-order valence-corrected chi connectivity index (χ4v) is 3.52. The van der Waals surface area contributed by atoms with E-state index in [1.54, 1.807) is 7.11 Å². The highest BCUT2D eigenvalue weighted by atomic mass is 35.5. The minimum atomic E-state index is -0.125. The minimum Gasteiger partial charge on any atom is -0.497 e. The number of halogens is 1. The predicted molar refractivity (Wildman–Crippen MR) is 127 cm³/mol. The molecule has 0 saturated carbocycles. The van der Waals surface area contributed by atoms with Gasteiger partial charge in [-0.05, 0) is 54.7 Å². The van der Waals surface area contributed by atoms with E-state index >= 15 is 0 Å². The minimum absolute atomic E-state index is 0.125. The number of rotatable bonds is 7. The third-order valence-electron chi connectivity index (χ3n) is 4.73. The van der Waals surface area contributed by atoms with Gasteiger partial charge in [0.25, 0.3) is 5.56 Å². The molecule has 1 heterocycles. The van der Waals surface area contributed by atoms with Crippen LogP contribution in [0.2, 0.25) is 5.02 Å². The molecule has 3 rings (SSSR count). The maximum atomic E-state index is 12.7. The number of ether oxygens (including phenoxy) is 1. The summed E-state index contributed by atoms with van der Waals surface area (Å²) >= 11 is 11.7. The molecule has 0 amide bonds. The third-order valence-corrected chi connectivity index (χ3v) is 5.33. The molecule has 3 N–H and O–H groups in total. The first-order valence-corrected chi connectivity index (χ1v) is 10.4. The van der Waals surface area contributed by atoms with Gasteiger partial charge in [0.15, 0.2) is 5.11 Å². The van der Waals surface area contributed by atoms with Crippen molar-refractivity contribution in [1.29, 1.82) is 0 Å². The number of hydrogen-bond donors (Lipinski definition) is 3. The summed E-state index contributed by atoms with van der Waals surface area (Å²) in [6.45, 7) is 1.96. The Bertz CT molecular complexity index is 1100. The maximum absolute atomic E-state index is 12.7. The maximum Gasteiger partial charge on any atom is 0.253 e. The van der Waals surface area contributed by atoms with Gasteiger partial charge in [0, 0.05) is 27.2 Å². The number of hydrogen-bond acceptors (Lipinski definition) is 3. The van der Waals surface area contributed by atoms with Gasteiger partial charge in [-0.3, -0.25) is 4.79 Å². The van der Waals surface area contributed by atoms with Gasteiger partial charge in [-0.1, -0.05) is 17.7 Å². The van der Waals surface area contributed by atoms with Crippen LogP contribution in [0, 0.1) is 0 Å². The summed E-state index contributed by atoms with van der Waals surface area (Å²) in [6.07, 6.45) is 0. The Kier molecular flexibility index (Phi) is 7.31. The van der Waals surface area contributed by atoms with E-state index in [0.29, 0.717) is 28.8 Å². The van der Waals surface area contributed by atoms with E-state index < -0.39 is 0 Å². The third kappa shape index (κ3) is 5.72. The molecule has 0 aliphatic heterocycles. The Morgan fingerprint density at radius 2 is 2.03 bits per heavy atom. The van der Waals surface area contributed by atoms with Crippen LogP contribution in [-0.4, -0.2) is 49.3 Å². The highest BCUT2D eigenvalue weighted by Gasteiger charge is 2.15. The number of thiocarbonyl (C=S) groups is 1. The monoisotopic (exact) mass is 445 g/mol. The Labute approximate surface area is 186 Å². The van der Waals surface area contributed by atoms with Crippen molar-refractivity contribution >= 4 is 45.5 Å². The van der Waals surface area contributed by atoms with Crippen molar-refractivity contribution < 1.29 is 9.64 Å². The lowest BCUT2D eigenvalue weighted by molar-refractivity contribution is -0.857. The first-order valence-electron chi connectivity index (χ1n) is 9.66. The summed E-state index contributed by atoms with van der Waals surface area (Å²) in [7, 11) is 5.79. The highest BCUT2D eigenvalue weighted by Crippen LogP contribution is 2.20. The van der Waals surface area contributed by atoms with E-state index in [2.05, 4.69) is 24.4 Å². The van der Waals surface area contributed by atoms with Crippen LogP contribution in [0.25, 0.3) is 10.9 Å². The Morgan fingerprint density at radius 3 is 2.73 bits per heavy atom. The predicted octanol–water partition coefficient (Wildman–Crippen LogP) is 2.53. The molecule has 30 heavy (non-hydrogen) atoms.